The van der Waals surface area contributed by atoms with Gasteiger partial charge in [-0.15, -0.1) is 0 Å². The van der Waals surface area contributed by atoms with E-state index in [9.17, 15) is 12.8 Å². The molecular weight excluding hydrogens is 259 g/mol. The predicted octanol–water partition coefficient (Wildman–Crippen LogP) is 0.849. The number of nitrogen functional groups attached to an aromatic ring is 1. The molecule has 0 fully saturated rings. The normalized spacial score (nSPS) is 11.7. The second-order valence-corrected chi connectivity index (χ2v) is 5.61. The van der Waals surface area contributed by atoms with E-state index in [4.69, 9.17) is 10.8 Å². The minimum absolute atomic E-state index is 0.0800. The van der Waals surface area contributed by atoms with Crippen molar-refractivity contribution in [2.24, 2.45) is 0 Å². The maximum Gasteiger partial charge on any atom is 0.243 e. The van der Waals surface area contributed by atoms with E-state index in [1.165, 1.54) is 6.07 Å². The molecule has 0 atom stereocenters. The Bertz CT molecular complexity index is 491. The third-order valence-corrected chi connectivity index (χ3v) is 3.85. The third-order valence-electron chi connectivity index (χ3n) is 2.37. The molecule has 0 heterocycles. The Kier molecular flexibility index (Phi) is 5.52. The van der Waals surface area contributed by atoms with Crippen molar-refractivity contribution in [3.8, 4) is 0 Å². The molecule has 1 rings (SSSR count). The van der Waals surface area contributed by atoms with E-state index >= 15 is 0 Å². The van der Waals surface area contributed by atoms with Crippen LogP contribution in [0.25, 0.3) is 0 Å². The maximum atomic E-state index is 13.4. The first-order valence-corrected chi connectivity index (χ1v) is 7.11. The first-order valence-electron chi connectivity index (χ1n) is 5.63. The fraction of sp³-hybridized carbons (Fsp3) is 0.455. The number of rotatable bonds is 7. The first kappa shape index (κ1) is 14.9. The van der Waals surface area contributed by atoms with Crippen LogP contribution in [0.2, 0.25) is 0 Å². The van der Waals surface area contributed by atoms with Gasteiger partial charge in [0, 0.05) is 18.8 Å². The minimum atomic E-state index is -3.87. The maximum absolute atomic E-state index is 13.4. The van der Waals surface area contributed by atoms with Gasteiger partial charge in [0.25, 0.3) is 0 Å². The summed E-state index contributed by atoms with van der Waals surface area (Å²) in [7, 11) is -3.87. The van der Waals surface area contributed by atoms with Crippen molar-refractivity contribution in [1.29, 1.82) is 0 Å². The number of sulfonamides is 1. The van der Waals surface area contributed by atoms with Crippen LogP contribution in [0.15, 0.2) is 23.1 Å². The molecule has 18 heavy (non-hydrogen) atoms. The fourth-order valence-electron chi connectivity index (χ4n) is 1.42. The van der Waals surface area contributed by atoms with Gasteiger partial charge in [0.2, 0.25) is 10.0 Å². The summed E-state index contributed by atoms with van der Waals surface area (Å²) in [4.78, 5) is -0.440. The van der Waals surface area contributed by atoms with Crippen LogP contribution in [-0.2, 0) is 10.0 Å². The lowest BCUT2D eigenvalue weighted by Gasteiger charge is -2.08. The van der Waals surface area contributed by atoms with Crippen molar-refractivity contribution < 1.29 is 17.9 Å². The van der Waals surface area contributed by atoms with E-state index in [0.717, 1.165) is 12.1 Å². The van der Waals surface area contributed by atoms with Gasteiger partial charge in [-0.05, 0) is 37.5 Å². The van der Waals surface area contributed by atoms with Gasteiger partial charge < -0.3 is 10.8 Å². The summed E-state index contributed by atoms with van der Waals surface area (Å²) in [5, 5.41) is 8.57. The summed E-state index contributed by atoms with van der Waals surface area (Å²) in [6.07, 6.45) is 1.91. The standard InChI is InChI=1S/C11H17FN2O3S/c12-10-5-4-9(13)8-11(10)18(16,17)14-6-2-1-3-7-15/h4-5,8,14-15H,1-3,6-7,13H2. The number of nitrogens with two attached hydrogens (primary N) is 1. The molecule has 1 aromatic carbocycles. The number of hydrogen-bond acceptors (Lipinski definition) is 4. The van der Waals surface area contributed by atoms with E-state index in [1.807, 2.05) is 0 Å². The van der Waals surface area contributed by atoms with Gasteiger partial charge in [0.05, 0.1) is 0 Å². The number of halogens is 1. The van der Waals surface area contributed by atoms with Crippen LogP contribution in [0.5, 0.6) is 0 Å². The van der Waals surface area contributed by atoms with Gasteiger partial charge in [-0.2, -0.15) is 0 Å². The zero-order valence-corrected chi connectivity index (χ0v) is 10.7. The van der Waals surface area contributed by atoms with Gasteiger partial charge in [0.15, 0.2) is 0 Å². The molecule has 7 heteroatoms. The van der Waals surface area contributed by atoms with Crippen LogP contribution in [-0.4, -0.2) is 26.7 Å². The second-order valence-electron chi connectivity index (χ2n) is 3.87. The number of unbranched alkanes of at least 4 members (excludes halogenated alkanes) is 2. The highest BCUT2D eigenvalue weighted by atomic mass is 32.2. The summed E-state index contributed by atoms with van der Waals surface area (Å²) < 4.78 is 39.2. The van der Waals surface area contributed by atoms with Crippen LogP contribution >= 0.6 is 0 Å². The monoisotopic (exact) mass is 276 g/mol. The molecule has 4 N–H and O–H groups in total. The molecule has 0 bridgehead atoms. The predicted molar refractivity (Wildman–Crippen MR) is 66.9 cm³/mol. The molecule has 1 aromatic rings. The van der Waals surface area contributed by atoms with Crippen molar-refractivity contribution in [3.63, 3.8) is 0 Å². The van der Waals surface area contributed by atoms with Crippen LogP contribution in [0.1, 0.15) is 19.3 Å². The average molecular weight is 276 g/mol. The highest BCUT2D eigenvalue weighted by Crippen LogP contribution is 2.17. The molecule has 0 spiro atoms. The number of aliphatic hydroxyl groups excluding tert-OH is 1. The lowest BCUT2D eigenvalue weighted by molar-refractivity contribution is 0.283. The molecule has 0 unspecified atom stereocenters. The highest BCUT2D eigenvalue weighted by molar-refractivity contribution is 7.89. The molecule has 0 aliphatic rings. The van der Waals surface area contributed by atoms with Gasteiger partial charge in [0.1, 0.15) is 10.7 Å². The smallest absolute Gasteiger partial charge is 0.243 e. The highest BCUT2D eigenvalue weighted by Gasteiger charge is 2.18. The first-order chi connectivity index (χ1) is 8.47. The van der Waals surface area contributed by atoms with Gasteiger partial charge in [-0.25, -0.2) is 17.5 Å². The number of hydrogen-bond donors (Lipinski definition) is 3. The molecule has 102 valence electrons. The van der Waals surface area contributed by atoms with Crippen molar-refractivity contribution in [2.75, 3.05) is 18.9 Å². The van der Waals surface area contributed by atoms with Gasteiger partial charge in [-0.1, -0.05) is 0 Å². The van der Waals surface area contributed by atoms with Crippen LogP contribution in [0.4, 0.5) is 10.1 Å². The van der Waals surface area contributed by atoms with Gasteiger partial charge >= 0.3 is 0 Å². The molecule has 0 radical (unpaired) electrons. The summed E-state index contributed by atoms with van der Waals surface area (Å²) in [5.41, 5.74) is 5.62. The number of anilines is 1. The molecule has 0 aliphatic heterocycles. The van der Waals surface area contributed by atoms with Crippen LogP contribution in [0.3, 0.4) is 0 Å². The number of nitrogens with one attached hydrogen (secondary N) is 1. The van der Waals surface area contributed by atoms with Crippen LogP contribution < -0.4 is 10.5 Å². The van der Waals surface area contributed by atoms with Crippen molar-refractivity contribution >= 4 is 15.7 Å². The fourth-order valence-corrected chi connectivity index (χ4v) is 2.61. The lowest BCUT2D eigenvalue weighted by Crippen LogP contribution is -2.25. The average Bonchev–Trinajstić information content (AvgIpc) is 2.32. The Labute approximate surface area is 106 Å². The summed E-state index contributed by atoms with van der Waals surface area (Å²) in [5.74, 6) is -0.827. The Hall–Kier alpha value is -1.18. The zero-order chi connectivity index (χ0) is 13.6. The third kappa shape index (κ3) is 4.25. The minimum Gasteiger partial charge on any atom is -0.399 e. The number of aliphatic hydroxyl groups is 1. The lowest BCUT2D eigenvalue weighted by atomic mass is 10.2. The molecule has 0 saturated carbocycles. The Morgan fingerprint density at radius 1 is 1.28 bits per heavy atom. The van der Waals surface area contributed by atoms with Crippen molar-refractivity contribution in [2.45, 2.75) is 24.2 Å². The largest absolute Gasteiger partial charge is 0.399 e. The zero-order valence-electron chi connectivity index (χ0n) is 9.89. The van der Waals surface area contributed by atoms with E-state index in [-0.39, 0.29) is 18.8 Å². The van der Waals surface area contributed by atoms with E-state index in [1.54, 1.807) is 0 Å². The molecule has 0 aliphatic carbocycles. The summed E-state index contributed by atoms with van der Waals surface area (Å²) in [6, 6.07) is 3.41. The van der Waals surface area contributed by atoms with Crippen LogP contribution in [0, 0.1) is 5.82 Å². The Balaban J connectivity index is 2.66. The number of benzene rings is 1. The molecule has 0 saturated heterocycles. The van der Waals surface area contributed by atoms with Crippen molar-refractivity contribution in [3.05, 3.63) is 24.0 Å². The van der Waals surface area contributed by atoms with E-state index in [2.05, 4.69) is 4.72 Å². The van der Waals surface area contributed by atoms with Gasteiger partial charge in [-0.3, -0.25) is 0 Å². The quantitative estimate of drug-likeness (QED) is 0.508. The second kappa shape index (κ2) is 6.67. The molecule has 5 nitrogen and oxygen atoms in total. The summed E-state index contributed by atoms with van der Waals surface area (Å²) >= 11 is 0. The molecule has 0 amide bonds. The summed E-state index contributed by atoms with van der Waals surface area (Å²) in [6.45, 7) is 0.285. The van der Waals surface area contributed by atoms with E-state index in [0.29, 0.717) is 19.3 Å². The Morgan fingerprint density at radius 3 is 2.67 bits per heavy atom. The molecular formula is C11H17FN2O3S. The SMILES string of the molecule is Nc1ccc(F)c(S(=O)(=O)NCCCCCO)c1. The molecule has 0 aromatic heterocycles. The Morgan fingerprint density at radius 2 is 2.00 bits per heavy atom. The van der Waals surface area contributed by atoms with E-state index < -0.39 is 20.7 Å². The van der Waals surface area contributed by atoms with Crippen molar-refractivity contribution in [1.82, 2.24) is 4.72 Å². The topological polar surface area (TPSA) is 92.4 Å².